The molecule has 90 valence electrons. The monoisotopic (exact) mass is 261 g/mol. The van der Waals surface area contributed by atoms with Crippen LogP contribution in [0.15, 0.2) is 12.1 Å². The van der Waals surface area contributed by atoms with E-state index in [-0.39, 0.29) is 0 Å². The predicted molar refractivity (Wildman–Crippen MR) is 68.7 cm³/mol. The van der Waals surface area contributed by atoms with Gasteiger partial charge in [-0.15, -0.1) is 0 Å². The molecule has 1 aromatic rings. The van der Waals surface area contributed by atoms with E-state index in [4.69, 9.17) is 11.6 Å². The number of halogens is 1. The van der Waals surface area contributed by atoms with Crippen molar-refractivity contribution in [2.75, 3.05) is 11.0 Å². The molecule has 0 aromatic heterocycles. The van der Waals surface area contributed by atoms with Gasteiger partial charge in [0.05, 0.1) is 17.0 Å². The zero-order valence-corrected chi connectivity index (χ0v) is 11.4. The summed E-state index contributed by atoms with van der Waals surface area (Å²) in [5.41, 5.74) is 2.40. The predicted octanol–water partition coefficient (Wildman–Crippen LogP) is 3.14. The standard InChI is InChI=1S/C11H16ClNO2S/c1-7(2)9-5-8(3)11(10(12)6-9)13-16(4,14)15/h5-7,13H,1-4H3. The first-order valence-corrected chi connectivity index (χ1v) is 7.25. The van der Waals surface area contributed by atoms with Gasteiger partial charge in [0.1, 0.15) is 0 Å². The number of nitrogens with one attached hydrogen (secondary N) is 1. The first-order valence-electron chi connectivity index (χ1n) is 4.98. The van der Waals surface area contributed by atoms with Crippen LogP contribution in [-0.4, -0.2) is 14.7 Å². The van der Waals surface area contributed by atoms with Gasteiger partial charge in [-0.1, -0.05) is 31.5 Å². The fourth-order valence-electron chi connectivity index (χ4n) is 1.42. The molecule has 0 saturated carbocycles. The summed E-state index contributed by atoms with van der Waals surface area (Å²) in [6, 6.07) is 3.75. The maximum atomic E-state index is 11.2. The molecule has 0 aliphatic heterocycles. The van der Waals surface area contributed by atoms with E-state index in [9.17, 15) is 8.42 Å². The third kappa shape index (κ3) is 3.39. The minimum Gasteiger partial charge on any atom is -0.282 e. The van der Waals surface area contributed by atoms with Crippen molar-refractivity contribution in [3.05, 3.63) is 28.3 Å². The van der Waals surface area contributed by atoms with E-state index in [1.54, 1.807) is 6.07 Å². The topological polar surface area (TPSA) is 46.2 Å². The van der Waals surface area contributed by atoms with Crippen molar-refractivity contribution in [3.8, 4) is 0 Å². The second-order valence-electron chi connectivity index (χ2n) is 4.22. The minimum absolute atomic E-state index is 0.364. The lowest BCUT2D eigenvalue weighted by Gasteiger charge is -2.13. The Morgan fingerprint density at radius 1 is 1.31 bits per heavy atom. The van der Waals surface area contributed by atoms with E-state index < -0.39 is 10.0 Å². The zero-order valence-electron chi connectivity index (χ0n) is 9.83. The maximum absolute atomic E-state index is 11.2. The van der Waals surface area contributed by atoms with Gasteiger partial charge in [-0.25, -0.2) is 8.42 Å². The number of benzene rings is 1. The number of hydrogen-bond donors (Lipinski definition) is 1. The summed E-state index contributed by atoms with van der Waals surface area (Å²) < 4.78 is 24.7. The van der Waals surface area contributed by atoms with Gasteiger partial charge in [-0.2, -0.15) is 0 Å². The lowest BCUT2D eigenvalue weighted by Crippen LogP contribution is -2.11. The van der Waals surface area contributed by atoms with E-state index in [1.165, 1.54) is 0 Å². The molecular formula is C11H16ClNO2S. The van der Waals surface area contributed by atoms with Crippen molar-refractivity contribution >= 4 is 27.3 Å². The van der Waals surface area contributed by atoms with Crippen LogP contribution >= 0.6 is 11.6 Å². The van der Waals surface area contributed by atoms with Gasteiger partial charge in [-0.3, -0.25) is 4.72 Å². The molecule has 0 bridgehead atoms. The largest absolute Gasteiger partial charge is 0.282 e. The van der Waals surface area contributed by atoms with E-state index in [1.807, 2.05) is 13.0 Å². The molecule has 1 rings (SSSR count). The molecule has 0 radical (unpaired) electrons. The van der Waals surface area contributed by atoms with Gasteiger partial charge in [-0.05, 0) is 30.0 Å². The highest BCUT2D eigenvalue weighted by atomic mass is 35.5. The highest BCUT2D eigenvalue weighted by Crippen LogP contribution is 2.30. The Bertz CT molecular complexity index is 472. The molecule has 0 aliphatic carbocycles. The molecule has 1 aromatic carbocycles. The molecule has 0 amide bonds. The first kappa shape index (κ1) is 13.3. The Labute approximate surface area is 102 Å². The van der Waals surface area contributed by atoms with Crippen molar-refractivity contribution < 1.29 is 8.42 Å². The van der Waals surface area contributed by atoms with E-state index >= 15 is 0 Å². The normalized spacial score (nSPS) is 11.9. The van der Waals surface area contributed by atoms with Gasteiger partial charge in [0.2, 0.25) is 10.0 Å². The molecule has 0 aliphatic rings. The van der Waals surface area contributed by atoms with Crippen LogP contribution in [0.1, 0.15) is 30.9 Å². The molecule has 0 heterocycles. The highest BCUT2D eigenvalue weighted by molar-refractivity contribution is 7.92. The molecule has 16 heavy (non-hydrogen) atoms. The summed E-state index contributed by atoms with van der Waals surface area (Å²) >= 11 is 6.06. The molecular weight excluding hydrogens is 246 g/mol. The number of hydrogen-bond acceptors (Lipinski definition) is 2. The zero-order chi connectivity index (χ0) is 12.5. The fourth-order valence-corrected chi connectivity index (χ4v) is 2.44. The third-order valence-corrected chi connectivity index (χ3v) is 3.14. The van der Waals surface area contributed by atoms with Crippen LogP contribution < -0.4 is 4.72 Å². The lowest BCUT2D eigenvalue weighted by molar-refractivity contribution is 0.607. The molecule has 0 spiro atoms. The van der Waals surface area contributed by atoms with E-state index in [2.05, 4.69) is 18.6 Å². The van der Waals surface area contributed by atoms with Gasteiger partial charge in [0, 0.05) is 0 Å². The van der Waals surface area contributed by atoms with Gasteiger partial charge in [0.15, 0.2) is 0 Å². The molecule has 1 N–H and O–H groups in total. The van der Waals surface area contributed by atoms with Crippen LogP contribution in [0.4, 0.5) is 5.69 Å². The van der Waals surface area contributed by atoms with Crippen LogP contribution in [0.3, 0.4) is 0 Å². The highest BCUT2D eigenvalue weighted by Gasteiger charge is 2.11. The second-order valence-corrected chi connectivity index (χ2v) is 6.38. The molecule has 0 saturated heterocycles. The molecule has 0 fully saturated rings. The summed E-state index contributed by atoms with van der Waals surface area (Å²) in [4.78, 5) is 0. The van der Waals surface area contributed by atoms with Crippen molar-refractivity contribution in [3.63, 3.8) is 0 Å². The van der Waals surface area contributed by atoms with Crippen molar-refractivity contribution in [1.29, 1.82) is 0 Å². The smallest absolute Gasteiger partial charge is 0.229 e. The molecule has 5 heteroatoms. The SMILES string of the molecule is Cc1cc(C(C)C)cc(Cl)c1NS(C)(=O)=O. The van der Waals surface area contributed by atoms with Crippen LogP contribution in [0.5, 0.6) is 0 Å². The van der Waals surface area contributed by atoms with Gasteiger partial charge < -0.3 is 0 Å². The minimum atomic E-state index is -3.29. The molecule has 0 unspecified atom stereocenters. The van der Waals surface area contributed by atoms with Crippen molar-refractivity contribution in [2.45, 2.75) is 26.7 Å². The Balaban J connectivity index is 3.23. The van der Waals surface area contributed by atoms with Crippen LogP contribution in [0, 0.1) is 6.92 Å². The first-order chi connectivity index (χ1) is 7.20. The van der Waals surface area contributed by atoms with Crippen molar-refractivity contribution in [1.82, 2.24) is 0 Å². The number of aryl methyl sites for hydroxylation is 1. The van der Waals surface area contributed by atoms with Crippen molar-refractivity contribution in [2.24, 2.45) is 0 Å². The summed E-state index contributed by atoms with van der Waals surface area (Å²) in [5.74, 6) is 0.364. The maximum Gasteiger partial charge on any atom is 0.229 e. The van der Waals surface area contributed by atoms with Gasteiger partial charge in [0.25, 0.3) is 0 Å². The quantitative estimate of drug-likeness (QED) is 0.909. The number of anilines is 1. The molecule has 3 nitrogen and oxygen atoms in total. The Hall–Kier alpha value is -0.740. The third-order valence-electron chi connectivity index (χ3n) is 2.26. The van der Waals surface area contributed by atoms with Crippen LogP contribution in [0.25, 0.3) is 0 Å². The summed E-state index contributed by atoms with van der Waals surface area (Å²) in [6.07, 6.45) is 1.11. The summed E-state index contributed by atoms with van der Waals surface area (Å²) in [5, 5.41) is 0.439. The summed E-state index contributed by atoms with van der Waals surface area (Å²) in [6.45, 7) is 5.97. The Morgan fingerprint density at radius 3 is 2.25 bits per heavy atom. The lowest BCUT2D eigenvalue weighted by atomic mass is 10.0. The Kier molecular flexibility index (Phi) is 3.86. The second kappa shape index (κ2) is 4.63. The molecule has 0 atom stereocenters. The fraction of sp³-hybridized carbons (Fsp3) is 0.455. The van der Waals surface area contributed by atoms with E-state index in [0.717, 1.165) is 17.4 Å². The summed E-state index contributed by atoms with van der Waals surface area (Å²) in [7, 11) is -3.29. The number of sulfonamides is 1. The van der Waals surface area contributed by atoms with Crippen LogP contribution in [0.2, 0.25) is 5.02 Å². The Morgan fingerprint density at radius 2 is 1.88 bits per heavy atom. The average molecular weight is 262 g/mol. The van der Waals surface area contributed by atoms with Crippen LogP contribution in [-0.2, 0) is 10.0 Å². The van der Waals surface area contributed by atoms with Gasteiger partial charge >= 0.3 is 0 Å². The van der Waals surface area contributed by atoms with E-state index in [0.29, 0.717) is 16.6 Å². The number of rotatable bonds is 3. The average Bonchev–Trinajstić information content (AvgIpc) is 2.09.